The molecule has 0 aliphatic carbocycles. The van der Waals surface area contributed by atoms with E-state index in [-0.39, 0.29) is 12.4 Å². The van der Waals surface area contributed by atoms with Crippen LogP contribution in [-0.2, 0) is 16.0 Å². The number of benzene rings is 1. The summed E-state index contributed by atoms with van der Waals surface area (Å²) in [6.45, 7) is 2.04. The van der Waals surface area contributed by atoms with Gasteiger partial charge in [0, 0.05) is 5.56 Å². The van der Waals surface area contributed by atoms with Crippen molar-refractivity contribution in [3.8, 4) is 0 Å². The van der Waals surface area contributed by atoms with Crippen molar-refractivity contribution in [3.63, 3.8) is 0 Å². The Morgan fingerprint density at radius 3 is 3.11 bits per heavy atom. The third kappa shape index (κ3) is 2.90. The van der Waals surface area contributed by atoms with Gasteiger partial charge in [-0.2, -0.15) is 0 Å². The van der Waals surface area contributed by atoms with Crippen LogP contribution in [0, 0.1) is 5.82 Å². The van der Waals surface area contributed by atoms with Crippen LogP contribution in [0.15, 0.2) is 23.2 Å². The highest BCUT2D eigenvalue weighted by molar-refractivity contribution is 5.98. The average molecular weight is 266 g/mol. The number of hydrogen-bond donors (Lipinski definition) is 2. The summed E-state index contributed by atoms with van der Waals surface area (Å²) in [6, 6.07) is 3.84. The van der Waals surface area contributed by atoms with Gasteiger partial charge < -0.3 is 4.74 Å². The van der Waals surface area contributed by atoms with Crippen molar-refractivity contribution in [1.82, 2.24) is 5.48 Å². The predicted molar refractivity (Wildman–Crippen MR) is 66.6 cm³/mol. The van der Waals surface area contributed by atoms with E-state index in [1.807, 2.05) is 6.92 Å². The number of hydroxylamine groups is 1. The minimum absolute atomic E-state index is 0.0716. The van der Waals surface area contributed by atoms with Crippen LogP contribution in [-0.4, -0.2) is 29.7 Å². The summed E-state index contributed by atoms with van der Waals surface area (Å²) in [6.07, 6.45) is 1.47. The molecule has 0 bridgehead atoms. The van der Waals surface area contributed by atoms with Gasteiger partial charge in [-0.25, -0.2) is 14.9 Å². The largest absolute Gasteiger partial charge is 0.475 e. The maximum absolute atomic E-state index is 13.5. The van der Waals surface area contributed by atoms with Crippen LogP contribution >= 0.6 is 0 Å². The van der Waals surface area contributed by atoms with E-state index in [0.717, 1.165) is 6.42 Å². The molecule has 1 aliphatic heterocycles. The average Bonchev–Trinajstić information content (AvgIpc) is 2.90. The summed E-state index contributed by atoms with van der Waals surface area (Å²) in [7, 11) is 0. The fraction of sp³-hybridized carbons (Fsp3) is 0.385. The fourth-order valence-corrected chi connectivity index (χ4v) is 1.91. The van der Waals surface area contributed by atoms with Gasteiger partial charge in [0.25, 0.3) is 5.91 Å². The second-order valence-corrected chi connectivity index (χ2v) is 4.29. The van der Waals surface area contributed by atoms with E-state index < -0.39 is 11.9 Å². The molecule has 1 amide bonds. The lowest BCUT2D eigenvalue weighted by atomic mass is 10.1. The lowest BCUT2D eigenvalue weighted by molar-refractivity contribution is -0.130. The van der Waals surface area contributed by atoms with Crippen molar-refractivity contribution in [3.05, 3.63) is 35.1 Å². The molecule has 5 nitrogen and oxygen atoms in total. The van der Waals surface area contributed by atoms with Gasteiger partial charge >= 0.3 is 0 Å². The Morgan fingerprint density at radius 2 is 2.42 bits per heavy atom. The minimum Gasteiger partial charge on any atom is -0.475 e. The molecule has 0 saturated carbocycles. The molecule has 0 spiro atoms. The molecule has 1 aromatic rings. The molecule has 1 unspecified atom stereocenters. The molecular weight excluding hydrogens is 251 g/mol. The van der Waals surface area contributed by atoms with Gasteiger partial charge in [-0.1, -0.05) is 13.3 Å². The number of nitrogens with zero attached hydrogens (tertiary/aromatic N) is 1. The number of carbonyl (C=O) groups is 1. The molecule has 2 rings (SSSR count). The first kappa shape index (κ1) is 13.5. The predicted octanol–water partition coefficient (Wildman–Crippen LogP) is 1.43. The van der Waals surface area contributed by atoms with Crippen molar-refractivity contribution in [1.29, 1.82) is 0 Å². The van der Waals surface area contributed by atoms with E-state index in [1.54, 1.807) is 12.1 Å². The third-order valence-electron chi connectivity index (χ3n) is 2.88. The van der Waals surface area contributed by atoms with Gasteiger partial charge in [-0.05, 0) is 30.2 Å². The molecule has 1 atom stereocenters. The maximum atomic E-state index is 13.5. The maximum Gasteiger partial charge on any atom is 0.271 e. The Hall–Kier alpha value is -1.95. The molecule has 1 heterocycles. The molecule has 0 radical (unpaired) electrons. The minimum atomic E-state index is -0.764. The molecule has 19 heavy (non-hydrogen) atoms. The van der Waals surface area contributed by atoms with E-state index in [9.17, 15) is 9.18 Å². The van der Waals surface area contributed by atoms with Gasteiger partial charge in [0.2, 0.25) is 5.90 Å². The quantitative estimate of drug-likeness (QED) is 0.639. The summed E-state index contributed by atoms with van der Waals surface area (Å²) in [5.74, 6) is -0.578. The fourth-order valence-electron chi connectivity index (χ4n) is 1.91. The summed E-state index contributed by atoms with van der Waals surface area (Å²) >= 11 is 0. The highest BCUT2D eigenvalue weighted by Gasteiger charge is 2.26. The first-order valence-electron chi connectivity index (χ1n) is 6.09. The number of rotatable bonds is 4. The standard InChI is InChI=1S/C13H15FN2O3/c1-2-3-8-6-9(4-5-10(8)14)13-15-11(7-19-13)12(17)16-18/h4-6,11,18H,2-3,7H2,1H3,(H,16,17). The van der Waals surface area contributed by atoms with E-state index in [0.29, 0.717) is 23.4 Å². The van der Waals surface area contributed by atoms with Crippen molar-refractivity contribution >= 4 is 11.8 Å². The van der Waals surface area contributed by atoms with E-state index in [2.05, 4.69) is 4.99 Å². The van der Waals surface area contributed by atoms with Gasteiger partial charge in [0.05, 0.1) is 0 Å². The Balaban J connectivity index is 2.23. The second-order valence-electron chi connectivity index (χ2n) is 4.29. The molecule has 0 fully saturated rings. The Bertz CT molecular complexity index is 517. The lowest BCUT2D eigenvalue weighted by Gasteiger charge is -2.05. The van der Waals surface area contributed by atoms with Gasteiger partial charge in [-0.3, -0.25) is 10.0 Å². The first-order valence-corrected chi connectivity index (χ1v) is 6.09. The number of ether oxygens (including phenoxy) is 1. The Morgan fingerprint density at radius 1 is 1.63 bits per heavy atom. The van der Waals surface area contributed by atoms with Crippen molar-refractivity contribution in [2.75, 3.05) is 6.61 Å². The zero-order chi connectivity index (χ0) is 13.8. The number of halogens is 1. The zero-order valence-corrected chi connectivity index (χ0v) is 10.5. The third-order valence-corrected chi connectivity index (χ3v) is 2.88. The van der Waals surface area contributed by atoms with Gasteiger partial charge in [0.1, 0.15) is 12.4 Å². The van der Waals surface area contributed by atoms with Gasteiger partial charge in [0.15, 0.2) is 6.04 Å². The highest BCUT2D eigenvalue weighted by atomic mass is 19.1. The lowest BCUT2D eigenvalue weighted by Crippen LogP contribution is -2.31. The van der Waals surface area contributed by atoms with Crippen molar-refractivity contribution in [2.24, 2.45) is 4.99 Å². The molecule has 6 heteroatoms. The summed E-state index contributed by atoms with van der Waals surface area (Å²) in [5.41, 5.74) is 2.77. The molecule has 1 aromatic carbocycles. The zero-order valence-electron chi connectivity index (χ0n) is 10.5. The van der Waals surface area contributed by atoms with Crippen LogP contribution in [0.3, 0.4) is 0 Å². The van der Waals surface area contributed by atoms with Crippen LogP contribution in [0.25, 0.3) is 0 Å². The molecule has 0 aromatic heterocycles. The topological polar surface area (TPSA) is 70.9 Å². The van der Waals surface area contributed by atoms with Crippen LogP contribution in [0.2, 0.25) is 0 Å². The SMILES string of the molecule is CCCc1cc(C2=NC(C(=O)NO)CO2)ccc1F. The van der Waals surface area contributed by atoms with Crippen LogP contribution in [0.5, 0.6) is 0 Å². The van der Waals surface area contributed by atoms with Crippen LogP contribution in [0.1, 0.15) is 24.5 Å². The van der Waals surface area contributed by atoms with Crippen LogP contribution < -0.4 is 5.48 Å². The summed E-state index contributed by atoms with van der Waals surface area (Å²) in [4.78, 5) is 15.3. The monoisotopic (exact) mass is 266 g/mol. The number of amides is 1. The molecule has 1 aliphatic rings. The molecule has 2 N–H and O–H groups in total. The van der Waals surface area contributed by atoms with E-state index in [4.69, 9.17) is 9.94 Å². The van der Waals surface area contributed by atoms with E-state index >= 15 is 0 Å². The number of carbonyl (C=O) groups excluding carboxylic acids is 1. The van der Waals surface area contributed by atoms with Crippen molar-refractivity contribution < 1.29 is 19.1 Å². The summed E-state index contributed by atoms with van der Waals surface area (Å²) < 4.78 is 18.8. The summed E-state index contributed by atoms with van der Waals surface area (Å²) in [5, 5.41) is 8.53. The number of hydrogen-bond acceptors (Lipinski definition) is 4. The number of aliphatic imine (C=N–C) groups is 1. The van der Waals surface area contributed by atoms with Crippen molar-refractivity contribution in [2.45, 2.75) is 25.8 Å². The Labute approximate surface area is 110 Å². The molecule has 0 saturated heterocycles. The first-order chi connectivity index (χ1) is 9.15. The van der Waals surface area contributed by atoms with Gasteiger partial charge in [-0.15, -0.1) is 0 Å². The second kappa shape index (κ2) is 5.79. The molecule has 102 valence electrons. The number of aryl methyl sites for hydroxylation is 1. The van der Waals surface area contributed by atoms with Crippen LogP contribution in [0.4, 0.5) is 4.39 Å². The Kier molecular flexibility index (Phi) is 4.11. The molecular formula is C13H15FN2O3. The highest BCUT2D eigenvalue weighted by Crippen LogP contribution is 2.17. The normalized spacial score (nSPS) is 17.8. The van der Waals surface area contributed by atoms with E-state index in [1.165, 1.54) is 11.5 Å². The number of nitrogens with one attached hydrogen (secondary N) is 1. The smallest absolute Gasteiger partial charge is 0.271 e.